The van der Waals surface area contributed by atoms with Crippen LogP contribution in [0.5, 0.6) is 0 Å². The van der Waals surface area contributed by atoms with Gasteiger partial charge in [-0.1, -0.05) is 48.2 Å². The molecule has 3 heteroatoms. The first-order valence-corrected chi connectivity index (χ1v) is 7.17. The molecule has 1 aromatic rings. The first-order valence-electron chi connectivity index (χ1n) is 7.17. The predicted octanol–water partition coefficient (Wildman–Crippen LogP) is 3.30. The Kier molecular flexibility index (Phi) is 5.58. The molecule has 1 saturated heterocycles. The molecule has 0 amide bonds. The molecule has 0 bridgehead atoms. The first-order chi connectivity index (χ1) is 10.1. The van der Waals surface area contributed by atoms with Crippen LogP contribution in [-0.2, 0) is 20.8 Å². The molecule has 0 radical (unpaired) electrons. The Balaban J connectivity index is 1.78. The highest BCUT2D eigenvalue weighted by Crippen LogP contribution is 2.26. The van der Waals surface area contributed by atoms with E-state index in [9.17, 15) is 0 Å². The smallest absolute Gasteiger partial charge is 0.165 e. The van der Waals surface area contributed by atoms with E-state index in [-0.39, 0.29) is 12.2 Å². The van der Waals surface area contributed by atoms with Crippen LogP contribution in [0, 0.1) is 11.8 Å². The van der Waals surface area contributed by atoms with Gasteiger partial charge in [0.15, 0.2) is 5.79 Å². The summed E-state index contributed by atoms with van der Waals surface area (Å²) in [5.74, 6) is 5.50. The van der Waals surface area contributed by atoms with E-state index >= 15 is 0 Å². The normalized spacial score (nSPS) is 23.9. The van der Waals surface area contributed by atoms with Crippen molar-refractivity contribution in [3.8, 4) is 11.8 Å². The maximum Gasteiger partial charge on any atom is 0.165 e. The molecule has 2 rings (SSSR count). The Hall–Kier alpha value is -1.60. The van der Waals surface area contributed by atoms with Crippen molar-refractivity contribution in [3.63, 3.8) is 0 Å². The second-order valence-corrected chi connectivity index (χ2v) is 5.43. The lowest BCUT2D eigenvalue weighted by molar-refractivity contribution is -0.278. The quantitative estimate of drug-likeness (QED) is 0.483. The summed E-state index contributed by atoms with van der Waals surface area (Å²) in [6.07, 6.45) is 2.35. The first kappa shape index (κ1) is 15.8. The summed E-state index contributed by atoms with van der Waals surface area (Å²) in [6, 6.07) is 10.1. The van der Waals surface area contributed by atoms with E-state index in [0.29, 0.717) is 19.6 Å². The van der Waals surface area contributed by atoms with Crippen molar-refractivity contribution in [1.29, 1.82) is 0 Å². The molecule has 112 valence electrons. The molecule has 1 fully saturated rings. The molecule has 0 saturated carbocycles. The highest BCUT2D eigenvalue weighted by Gasteiger charge is 2.33. The molecule has 3 nitrogen and oxygen atoms in total. The van der Waals surface area contributed by atoms with E-state index in [4.69, 9.17) is 14.2 Å². The minimum absolute atomic E-state index is 0.0155. The molecular formula is C18H22O3. The average Bonchev–Trinajstić information content (AvgIpc) is 2.46. The Morgan fingerprint density at radius 2 is 2.10 bits per heavy atom. The number of hydrogen-bond acceptors (Lipinski definition) is 3. The van der Waals surface area contributed by atoms with Crippen molar-refractivity contribution in [2.24, 2.45) is 0 Å². The summed E-state index contributed by atoms with van der Waals surface area (Å²) in [6.45, 7) is 8.53. The van der Waals surface area contributed by atoms with E-state index in [0.717, 1.165) is 5.56 Å². The van der Waals surface area contributed by atoms with Crippen LogP contribution in [-0.4, -0.2) is 24.6 Å². The minimum atomic E-state index is -0.624. The van der Waals surface area contributed by atoms with E-state index in [1.807, 2.05) is 44.2 Å². The van der Waals surface area contributed by atoms with Gasteiger partial charge < -0.3 is 14.2 Å². The van der Waals surface area contributed by atoms with Crippen LogP contribution >= 0.6 is 0 Å². The van der Waals surface area contributed by atoms with E-state index in [1.54, 1.807) is 6.08 Å². The molecular weight excluding hydrogens is 264 g/mol. The van der Waals surface area contributed by atoms with Crippen molar-refractivity contribution >= 4 is 0 Å². The van der Waals surface area contributed by atoms with Gasteiger partial charge >= 0.3 is 0 Å². The fraction of sp³-hybridized carbons (Fsp3) is 0.444. The number of rotatable bonds is 4. The Morgan fingerprint density at radius 3 is 2.81 bits per heavy atom. The summed E-state index contributed by atoms with van der Waals surface area (Å²) >= 11 is 0. The molecule has 1 heterocycles. The predicted molar refractivity (Wildman–Crippen MR) is 82.5 cm³/mol. The molecule has 0 aromatic heterocycles. The molecule has 0 spiro atoms. The number of hydrogen-bond donors (Lipinski definition) is 0. The molecule has 2 atom stereocenters. The van der Waals surface area contributed by atoms with Crippen LogP contribution in [0.3, 0.4) is 0 Å². The van der Waals surface area contributed by atoms with Gasteiger partial charge in [-0.2, -0.15) is 0 Å². The van der Waals surface area contributed by atoms with Gasteiger partial charge in [0, 0.05) is 6.42 Å². The van der Waals surface area contributed by atoms with Crippen LogP contribution in [0.1, 0.15) is 25.8 Å². The van der Waals surface area contributed by atoms with Crippen LogP contribution in [0.15, 0.2) is 43.0 Å². The van der Waals surface area contributed by atoms with Crippen molar-refractivity contribution in [3.05, 3.63) is 48.6 Å². The summed E-state index contributed by atoms with van der Waals surface area (Å²) in [5, 5.41) is 0. The lowest BCUT2D eigenvalue weighted by atomic mass is 10.1. The third kappa shape index (κ3) is 5.35. The van der Waals surface area contributed by atoms with Gasteiger partial charge in [-0.3, -0.25) is 0 Å². The van der Waals surface area contributed by atoms with Gasteiger partial charge in [0.25, 0.3) is 0 Å². The fourth-order valence-electron chi connectivity index (χ4n) is 2.22. The minimum Gasteiger partial charge on any atom is -0.364 e. The van der Waals surface area contributed by atoms with Gasteiger partial charge in [-0.25, -0.2) is 0 Å². The van der Waals surface area contributed by atoms with E-state index in [1.165, 1.54) is 0 Å². The zero-order chi connectivity index (χ0) is 15.1. The van der Waals surface area contributed by atoms with Crippen molar-refractivity contribution in [1.82, 2.24) is 0 Å². The summed E-state index contributed by atoms with van der Waals surface area (Å²) in [5.41, 5.74) is 1.15. The summed E-state index contributed by atoms with van der Waals surface area (Å²) in [7, 11) is 0. The van der Waals surface area contributed by atoms with Crippen molar-refractivity contribution in [2.45, 2.75) is 44.9 Å². The SMILES string of the molecule is C=C[C@@H]1C[C@@H](C#CCOCc2ccccc2)OC(C)(C)O1. The van der Waals surface area contributed by atoms with E-state index < -0.39 is 5.79 Å². The largest absolute Gasteiger partial charge is 0.364 e. The van der Waals surface area contributed by atoms with Gasteiger partial charge in [0.05, 0.1) is 12.7 Å². The standard InChI is InChI=1S/C18H22O3/c1-4-16-13-17(21-18(2,3)20-16)11-8-12-19-14-15-9-6-5-7-10-15/h4-7,9-10,16-17H,1,12-14H2,2-3H3/t16-,17-/m1/s1. The topological polar surface area (TPSA) is 27.7 Å². The lowest BCUT2D eigenvalue weighted by Gasteiger charge is -2.37. The second-order valence-electron chi connectivity index (χ2n) is 5.43. The lowest BCUT2D eigenvalue weighted by Crippen LogP contribution is -2.43. The zero-order valence-electron chi connectivity index (χ0n) is 12.7. The third-order valence-electron chi connectivity index (χ3n) is 3.12. The molecule has 0 unspecified atom stereocenters. The molecule has 1 aliphatic heterocycles. The third-order valence-corrected chi connectivity index (χ3v) is 3.12. The van der Waals surface area contributed by atoms with Crippen LogP contribution in [0.2, 0.25) is 0 Å². The molecule has 21 heavy (non-hydrogen) atoms. The second kappa shape index (κ2) is 7.42. The molecule has 0 aliphatic carbocycles. The monoisotopic (exact) mass is 286 g/mol. The Labute approximate surface area is 126 Å². The highest BCUT2D eigenvalue weighted by molar-refractivity contribution is 5.14. The van der Waals surface area contributed by atoms with Gasteiger partial charge in [0.2, 0.25) is 0 Å². The summed E-state index contributed by atoms with van der Waals surface area (Å²) < 4.78 is 17.0. The summed E-state index contributed by atoms with van der Waals surface area (Å²) in [4.78, 5) is 0. The Morgan fingerprint density at radius 1 is 1.33 bits per heavy atom. The van der Waals surface area contributed by atoms with Crippen molar-refractivity contribution in [2.75, 3.05) is 6.61 Å². The molecule has 0 N–H and O–H groups in total. The maximum absolute atomic E-state index is 5.77. The fourth-order valence-corrected chi connectivity index (χ4v) is 2.22. The van der Waals surface area contributed by atoms with Crippen LogP contribution in [0.4, 0.5) is 0 Å². The van der Waals surface area contributed by atoms with Crippen LogP contribution in [0.25, 0.3) is 0 Å². The van der Waals surface area contributed by atoms with Gasteiger partial charge in [-0.05, 0) is 19.4 Å². The zero-order valence-corrected chi connectivity index (χ0v) is 12.7. The molecule has 1 aliphatic rings. The van der Waals surface area contributed by atoms with Crippen molar-refractivity contribution < 1.29 is 14.2 Å². The Bertz CT molecular complexity index is 510. The maximum atomic E-state index is 5.77. The number of benzene rings is 1. The van der Waals surface area contributed by atoms with Crippen LogP contribution < -0.4 is 0 Å². The average molecular weight is 286 g/mol. The van der Waals surface area contributed by atoms with Gasteiger partial charge in [0.1, 0.15) is 12.7 Å². The number of ether oxygens (including phenoxy) is 3. The molecule has 1 aromatic carbocycles. The highest BCUT2D eigenvalue weighted by atomic mass is 16.7. The van der Waals surface area contributed by atoms with E-state index in [2.05, 4.69) is 18.4 Å². The van der Waals surface area contributed by atoms with Gasteiger partial charge in [-0.15, -0.1) is 6.58 Å².